The molecule has 0 bridgehead atoms. The molecule has 0 saturated carbocycles. The number of aliphatic imine (C=N–C) groups is 1. The number of nitrogens with one attached hydrogen (secondary N) is 1. The highest BCUT2D eigenvalue weighted by molar-refractivity contribution is 5.79. The first-order chi connectivity index (χ1) is 5.11. The van der Waals surface area contributed by atoms with E-state index < -0.39 is 0 Å². The van der Waals surface area contributed by atoms with Gasteiger partial charge < -0.3 is 11.5 Å². The fraction of sp³-hybridized carbons (Fsp3) is 0.333. The molecule has 11 heavy (non-hydrogen) atoms. The zero-order chi connectivity index (χ0) is 8.43. The molecule has 0 amide bonds. The van der Waals surface area contributed by atoms with E-state index in [0.717, 1.165) is 17.1 Å². The third kappa shape index (κ3) is 1.49. The quantitative estimate of drug-likeness (QED) is 0.389. The van der Waals surface area contributed by atoms with Crippen LogP contribution >= 0.6 is 0 Å². The molecule has 1 aromatic rings. The minimum absolute atomic E-state index is 0.0533. The molecule has 5 heteroatoms. The van der Waals surface area contributed by atoms with E-state index in [1.807, 2.05) is 13.8 Å². The number of rotatable bonds is 1. The highest BCUT2D eigenvalue weighted by Crippen LogP contribution is 2.18. The summed E-state index contributed by atoms with van der Waals surface area (Å²) in [4.78, 5) is 3.90. The van der Waals surface area contributed by atoms with Crippen molar-refractivity contribution in [2.45, 2.75) is 13.8 Å². The number of guanidine groups is 1. The molecule has 1 rings (SSSR count). The fourth-order valence-corrected chi connectivity index (χ4v) is 0.839. The minimum atomic E-state index is 0.0533. The Kier molecular flexibility index (Phi) is 1.80. The van der Waals surface area contributed by atoms with Crippen molar-refractivity contribution >= 4 is 11.6 Å². The molecular formula is C6H11N5. The summed E-state index contributed by atoms with van der Waals surface area (Å²) in [5.41, 5.74) is 12.8. The van der Waals surface area contributed by atoms with Crippen LogP contribution in [0.5, 0.6) is 0 Å². The number of aryl methyl sites for hydroxylation is 2. The molecule has 0 atom stereocenters. The summed E-state index contributed by atoms with van der Waals surface area (Å²) in [6, 6.07) is 0. The molecule has 5 nitrogen and oxygen atoms in total. The van der Waals surface area contributed by atoms with Gasteiger partial charge in [-0.25, -0.2) is 4.99 Å². The van der Waals surface area contributed by atoms with Crippen molar-refractivity contribution in [2.24, 2.45) is 16.5 Å². The van der Waals surface area contributed by atoms with Crippen LogP contribution in [-0.2, 0) is 0 Å². The molecule has 0 radical (unpaired) electrons. The van der Waals surface area contributed by atoms with Crippen molar-refractivity contribution in [3.63, 3.8) is 0 Å². The van der Waals surface area contributed by atoms with Crippen molar-refractivity contribution in [1.82, 2.24) is 10.2 Å². The third-order valence-electron chi connectivity index (χ3n) is 1.33. The fourth-order valence-electron chi connectivity index (χ4n) is 0.839. The monoisotopic (exact) mass is 153 g/mol. The minimum Gasteiger partial charge on any atom is -0.370 e. The van der Waals surface area contributed by atoms with Crippen LogP contribution < -0.4 is 11.5 Å². The summed E-state index contributed by atoms with van der Waals surface area (Å²) in [6.07, 6.45) is 0. The lowest BCUT2D eigenvalue weighted by molar-refractivity contribution is 1.02. The van der Waals surface area contributed by atoms with E-state index in [4.69, 9.17) is 11.5 Å². The number of aromatic amines is 1. The second-order valence-electron chi connectivity index (χ2n) is 2.32. The van der Waals surface area contributed by atoms with Crippen LogP contribution in [0.2, 0.25) is 0 Å². The van der Waals surface area contributed by atoms with Gasteiger partial charge in [-0.1, -0.05) is 0 Å². The van der Waals surface area contributed by atoms with Crippen LogP contribution in [0.1, 0.15) is 11.4 Å². The second kappa shape index (κ2) is 2.61. The largest absolute Gasteiger partial charge is 0.370 e. The molecule has 0 saturated heterocycles. The first-order valence-corrected chi connectivity index (χ1v) is 3.22. The van der Waals surface area contributed by atoms with Gasteiger partial charge in [-0.2, -0.15) is 5.10 Å². The molecule has 60 valence electrons. The SMILES string of the molecule is Cc1n[nH]c(C)c1N=C(N)N. The summed E-state index contributed by atoms with van der Waals surface area (Å²) < 4.78 is 0. The average Bonchev–Trinajstić information content (AvgIpc) is 2.18. The van der Waals surface area contributed by atoms with Crippen LogP contribution in [0.15, 0.2) is 4.99 Å². The standard InChI is InChI=1S/C6H11N5/c1-3-5(9-6(7)8)4(2)11-10-3/h1-2H3,(H,10,11)(H4,7,8,9). The first-order valence-electron chi connectivity index (χ1n) is 3.22. The first kappa shape index (κ1) is 7.59. The van der Waals surface area contributed by atoms with Crippen LogP contribution in [0.3, 0.4) is 0 Å². The van der Waals surface area contributed by atoms with Crippen LogP contribution in [-0.4, -0.2) is 16.2 Å². The maximum atomic E-state index is 5.21. The Labute approximate surface area is 64.5 Å². The van der Waals surface area contributed by atoms with Crippen LogP contribution in [0.25, 0.3) is 0 Å². The van der Waals surface area contributed by atoms with Gasteiger partial charge in [0, 0.05) is 0 Å². The van der Waals surface area contributed by atoms with E-state index >= 15 is 0 Å². The number of hydrogen-bond acceptors (Lipinski definition) is 2. The van der Waals surface area contributed by atoms with Gasteiger partial charge in [0.15, 0.2) is 5.96 Å². The van der Waals surface area contributed by atoms with Gasteiger partial charge in [0.2, 0.25) is 0 Å². The smallest absolute Gasteiger partial charge is 0.191 e. The van der Waals surface area contributed by atoms with Gasteiger partial charge in [-0.3, -0.25) is 5.10 Å². The van der Waals surface area contributed by atoms with E-state index in [0.29, 0.717) is 0 Å². The Balaban J connectivity index is 3.11. The Bertz CT molecular complexity index is 262. The predicted molar refractivity (Wildman–Crippen MR) is 43.5 cm³/mol. The number of hydrogen-bond donors (Lipinski definition) is 3. The third-order valence-corrected chi connectivity index (χ3v) is 1.33. The van der Waals surface area contributed by atoms with Gasteiger partial charge in [0.05, 0.1) is 11.4 Å². The van der Waals surface area contributed by atoms with Crippen molar-refractivity contribution in [3.8, 4) is 0 Å². The van der Waals surface area contributed by atoms with Gasteiger partial charge in [-0.15, -0.1) is 0 Å². The summed E-state index contributed by atoms with van der Waals surface area (Å²) in [5.74, 6) is 0.0533. The molecule has 0 aliphatic carbocycles. The van der Waals surface area contributed by atoms with Gasteiger partial charge in [-0.05, 0) is 13.8 Å². The van der Waals surface area contributed by atoms with Gasteiger partial charge in [0.25, 0.3) is 0 Å². The van der Waals surface area contributed by atoms with Crippen molar-refractivity contribution < 1.29 is 0 Å². The zero-order valence-corrected chi connectivity index (χ0v) is 6.55. The van der Waals surface area contributed by atoms with Crippen molar-refractivity contribution in [3.05, 3.63) is 11.4 Å². The molecule has 0 unspecified atom stereocenters. The highest BCUT2D eigenvalue weighted by Gasteiger charge is 2.03. The maximum absolute atomic E-state index is 5.21. The van der Waals surface area contributed by atoms with Gasteiger partial charge >= 0.3 is 0 Å². The molecule has 0 aliphatic rings. The lowest BCUT2D eigenvalue weighted by Crippen LogP contribution is -2.22. The predicted octanol–water partition coefficient (Wildman–Crippen LogP) is -0.0686. The number of aromatic nitrogens is 2. The Morgan fingerprint density at radius 2 is 2.09 bits per heavy atom. The van der Waals surface area contributed by atoms with E-state index in [-0.39, 0.29) is 5.96 Å². The lowest BCUT2D eigenvalue weighted by Gasteiger charge is -1.92. The molecule has 0 aromatic carbocycles. The van der Waals surface area contributed by atoms with E-state index in [1.54, 1.807) is 0 Å². The number of nitrogens with two attached hydrogens (primary N) is 2. The average molecular weight is 153 g/mol. The lowest BCUT2D eigenvalue weighted by atomic mass is 10.3. The van der Waals surface area contributed by atoms with Crippen LogP contribution in [0, 0.1) is 13.8 Å². The van der Waals surface area contributed by atoms with E-state index in [2.05, 4.69) is 15.2 Å². The normalized spacial score (nSPS) is 9.64. The molecule has 0 spiro atoms. The van der Waals surface area contributed by atoms with E-state index in [9.17, 15) is 0 Å². The second-order valence-corrected chi connectivity index (χ2v) is 2.32. The van der Waals surface area contributed by atoms with Gasteiger partial charge in [0.1, 0.15) is 5.69 Å². The Morgan fingerprint density at radius 1 is 1.45 bits per heavy atom. The van der Waals surface area contributed by atoms with Crippen LogP contribution in [0.4, 0.5) is 5.69 Å². The molecule has 5 N–H and O–H groups in total. The maximum Gasteiger partial charge on any atom is 0.191 e. The Hall–Kier alpha value is -1.52. The van der Waals surface area contributed by atoms with Crippen molar-refractivity contribution in [2.75, 3.05) is 0 Å². The molecule has 0 fully saturated rings. The number of H-pyrrole nitrogens is 1. The summed E-state index contributed by atoms with van der Waals surface area (Å²) in [5, 5.41) is 6.70. The summed E-state index contributed by atoms with van der Waals surface area (Å²) >= 11 is 0. The summed E-state index contributed by atoms with van der Waals surface area (Å²) in [6.45, 7) is 3.70. The molecule has 0 aliphatic heterocycles. The highest BCUT2D eigenvalue weighted by atomic mass is 15.1. The molecule has 1 aromatic heterocycles. The molecular weight excluding hydrogens is 142 g/mol. The topological polar surface area (TPSA) is 93.1 Å². The molecule has 1 heterocycles. The summed E-state index contributed by atoms with van der Waals surface area (Å²) in [7, 11) is 0. The zero-order valence-electron chi connectivity index (χ0n) is 6.55. The van der Waals surface area contributed by atoms with Crippen molar-refractivity contribution in [1.29, 1.82) is 0 Å². The number of nitrogens with zero attached hydrogens (tertiary/aromatic N) is 2. The Morgan fingerprint density at radius 3 is 2.45 bits per heavy atom. The van der Waals surface area contributed by atoms with E-state index in [1.165, 1.54) is 0 Å².